The molecule has 0 unspecified atom stereocenters. The van der Waals surface area contributed by atoms with Gasteiger partial charge >= 0.3 is 0 Å². The number of carbonyl (C=O) groups is 1. The fourth-order valence-corrected chi connectivity index (χ4v) is 1.97. The molecule has 0 atom stereocenters. The van der Waals surface area contributed by atoms with Crippen LogP contribution < -0.4 is 15.8 Å². The summed E-state index contributed by atoms with van der Waals surface area (Å²) in [5, 5.41) is 3.14. The van der Waals surface area contributed by atoms with Gasteiger partial charge in [0.25, 0.3) is 5.91 Å². The summed E-state index contributed by atoms with van der Waals surface area (Å²) in [6.45, 7) is -0.284. The lowest BCUT2D eigenvalue weighted by Crippen LogP contribution is -2.20. The van der Waals surface area contributed by atoms with Crippen molar-refractivity contribution in [1.29, 1.82) is 0 Å². The van der Waals surface area contributed by atoms with Crippen LogP contribution in [0.2, 0.25) is 10.0 Å². The second-order valence-electron chi connectivity index (χ2n) is 4.14. The second kappa shape index (κ2) is 6.65. The van der Waals surface area contributed by atoms with Gasteiger partial charge in [0.05, 0.1) is 16.4 Å². The molecule has 0 fully saturated rings. The van der Waals surface area contributed by atoms with Crippen LogP contribution in [0.1, 0.15) is 0 Å². The van der Waals surface area contributed by atoms with Crippen LogP contribution in [-0.4, -0.2) is 12.5 Å². The van der Waals surface area contributed by atoms with Crippen LogP contribution in [0.3, 0.4) is 0 Å². The zero-order chi connectivity index (χ0) is 15.4. The second-order valence-corrected chi connectivity index (χ2v) is 4.99. The molecule has 0 radical (unpaired) electrons. The van der Waals surface area contributed by atoms with Crippen LogP contribution in [-0.2, 0) is 4.79 Å². The first-order valence-electron chi connectivity index (χ1n) is 5.88. The predicted octanol–water partition coefficient (Wildman–Crippen LogP) is 3.73. The molecular weight excluding hydrogens is 318 g/mol. The van der Waals surface area contributed by atoms with Gasteiger partial charge in [-0.1, -0.05) is 23.2 Å². The molecule has 0 aromatic heterocycles. The Morgan fingerprint density at radius 2 is 2.00 bits per heavy atom. The Morgan fingerprint density at radius 1 is 1.24 bits per heavy atom. The summed E-state index contributed by atoms with van der Waals surface area (Å²) in [5.41, 5.74) is 6.49. The third kappa shape index (κ3) is 4.24. The van der Waals surface area contributed by atoms with Crippen LogP contribution in [0.15, 0.2) is 36.4 Å². The van der Waals surface area contributed by atoms with E-state index < -0.39 is 11.7 Å². The Bertz CT molecular complexity index is 680. The molecule has 110 valence electrons. The number of anilines is 2. The normalized spacial score (nSPS) is 10.2. The molecule has 21 heavy (non-hydrogen) atoms. The summed E-state index contributed by atoms with van der Waals surface area (Å²) in [4.78, 5) is 11.8. The quantitative estimate of drug-likeness (QED) is 0.840. The first kappa shape index (κ1) is 15.4. The van der Waals surface area contributed by atoms with E-state index in [9.17, 15) is 9.18 Å². The number of benzene rings is 2. The summed E-state index contributed by atoms with van der Waals surface area (Å²) in [6, 6.07) is 8.35. The SMILES string of the molecule is Nc1cc(Cl)ccc1NC(=O)COc1ccc(F)cc1Cl. The number of nitrogens with one attached hydrogen (secondary N) is 1. The van der Waals surface area contributed by atoms with E-state index in [0.29, 0.717) is 16.4 Å². The van der Waals surface area contributed by atoms with E-state index in [1.165, 1.54) is 18.2 Å². The van der Waals surface area contributed by atoms with Gasteiger partial charge in [-0.2, -0.15) is 0 Å². The Hall–Kier alpha value is -1.98. The minimum atomic E-state index is -0.481. The predicted molar refractivity (Wildman–Crippen MR) is 81.4 cm³/mol. The van der Waals surface area contributed by atoms with Crippen molar-refractivity contribution in [3.63, 3.8) is 0 Å². The molecule has 2 rings (SSSR count). The third-order valence-corrected chi connectivity index (χ3v) is 3.07. The van der Waals surface area contributed by atoms with Crippen molar-refractivity contribution in [2.45, 2.75) is 0 Å². The van der Waals surface area contributed by atoms with Crippen molar-refractivity contribution < 1.29 is 13.9 Å². The monoisotopic (exact) mass is 328 g/mol. The molecule has 0 saturated carbocycles. The van der Waals surface area contributed by atoms with Gasteiger partial charge < -0.3 is 15.8 Å². The zero-order valence-corrected chi connectivity index (χ0v) is 12.2. The first-order chi connectivity index (χ1) is 9.95. The molecule has 4 nitrogen and oxygen atoms in total. The van der Waals surface area contributed by atoms with Crippen molar-refractivity contribution in [3.05, 3.63) is 52.3 Å². The number of nitrogen functional groups attached to an aromatic ring is 1. The molecule has 0 heterocycles. The van der Waals surface area contributed by atoms with Crippen LogP contribution in [0.5, 0.6) is 5.75 Å². The molecule has 2 aromatic carbocycles. The third-order valence-electron chi connectivity index (χ3n) is 2.54. The van der Waals surface area contributed by atoms with Gasteiger partial charge in [-0.05, 0) is 36.4 Å². The van der Waals surface area contributed by atoms with E-state index in [0.717, 1.165) is 6.07 Å². The van der Waals surface area contributed by atoms with Gasteiger partial charge in [-0.15, -0.1) is 0 Å². The number of carbonyl (C=O) groups excluding carboxylic acids is 1. The molecule has 0 aliphatic heterocycles. The van der Waals surface area contributed by atoms with Crippen molar-refractivity contribution in [1.82, 2.24) is 0 Å². The van der Waals surface area contributed by atoms with E-state index in [1.807, 2.05) is 0 Å². The lowest BCUT2D eigenvalue weighted by Gasteiger charge is -2.10. The fraction of sp³-hybridized carbons (Fsp3) is 0.0714. The highest BCUT2D eigenvalue weighted by Crippen LogP contribution is 2.25. The number of nitrogens with two attached hydrogens (primary N) is 1. The molecule has 1 amide bonds. The Kier molecular flexibility index (Phi) is 4.88. The Balaban J connectivity index is 1.96. The van der Waals surface area contributed by atoms with Crippen LogP contribution >= 0.6 is 23.2 Å². The molecule has 0 aliphatic carbocycles. The Morgan fingerprint density at radius 3 is 2.67 bits per heavy atom. The number of rotatable bonds is 4. The van der Waals surface area contributed by atoms with Gasteiger partial charge in [-0.25, -0.2) is 4.39 Å². The van der Waals surface area contributed by atoms with Crippen molar-refractivity contribution in [3.8, 4) is 5.75 Å². The minimum absolute atomic E-state index is 0.0915. The zero-order valence-electron chi connectivity index (χ0n) is 10.7. The lowest BCUT2D eigenvalue weighted by molar-refractivity contribution is -0.118. The topological polar surface area (TPSA) is 64.3 Å². The Labute approximate surface area is 130 Å². The smallest absolute Gasteiger partial charge is 0.262 e. The molecular formula is C14H11Cl2FN2O2. The first-order valence-corrected chi connectivity index (χ1v) is 6.64. The number of halogens is 3. The number of ether oxygens (including phenoxy) is 1. The number of hydrogen-bond acceptors (Lipinski definition) is 3. The molecule has 0 bridgehead atoms. The summed E-state index contributed by atoms with van der Waals surface area (Å²) in [5.74, 6) is -0.688. The van der Waals surface area contributed by atoms with E-state index >= 15 is 0 Å². The van der Waals surface area contributed by atoms with Gasteiger partial charge in [-0.3, -0.25) is 4.79 Å². The summed E-state index contributed by atoms with van der Waals surface area (Å²) >= 11 is 11.5. The van der Waals surface area contributed by atoms with Gasteiger partial charge in [0.2, 0.25) is 0 Å². The van der Waals surface area contributed by atoms with Crippen molar-refractivity contribution in [2.75, 3.05) is 17.7 Å². The van der Waals surface area contributed by atoms with Crippen LogP contribution in [0, 0.1) is 5.82 Å². The van der Waals surface area contributed by atoms with Crippen LogP contribution in [0.25, 0.3) is 0 Å². The van der Waals surface area contributed by atoms with Crippen molar-refractivity contribution in [2.24, 2.45) is 0 Å². The van der Waals surface area contributed by atoms with Crippen LogP contribution in [0.4, 0.5) is 15.8 Å². The van der Waals surface area contributed by atoms with Gasteiger partial charge in [0.15, 0.2) is 6.61 Å². The van der Waals surface area contributed by atoms with E-state index in [-0.39, 0.29) is 17.4 Å². The van der Waals surface area contributed by atoms with Gasteiger partial charge in [0, 0.05) is 5.02 Å². The molecule has 0 saturated heterocycles. The highest BCUT2D eigenvalue weighted by atomic mass is 35.5. The van der Waals surface area contributed by atoms with E-state index in [2.05, 4.69) is 5.32 Å². The average molecular weight is 329 g/mol. The summed E-state index contributed by atoms with van der Waals surface area (Å²) < 4.78 is 18.1. The largest absolute Gasteiger partial charge is 0.482 e. The highest BCUT2D eigenvalue weighted by Gasteiger charge is 2.09. The lowest BCUT2D eigenvalue weighted by atomic mass is 10.2. The van der Waals surface area contributed by atoms with Gasteiger partial charge in [0.1, 0.15) is 11.6 Å². The maximum Gasteiger partial charge on any atom is 0.262 e. The van der Waals surface area contributed by atoms with Crippen molar-refractivity contribution >= 4 is 40.5 Å². The molecule has 0 aliphatic rings. The maximum atomic E-state index is 12.9. The summed E-state index contributed by atoms with van der Waals surface area (Å²) in [6.07, 6.45) is 0. The number of amides is 1. The number of hydrogen-bond donors (Lipinski definition) is 2. The standard InChI is InChI=1S/C14H11Cl2FN2O2/c15-8-1-3-12(11(18)5-8)19-14(20)7-21-13-4-2-9(17)6-10(13)16/h1-6H,7,18H2,(H,19,20). The highest BCUT2D eigenvalue weighted by molar-refractivity contribution is 6.32. The summed E-state index contributed by atoms with van der Waals surface area (Å²) in [7, 11) is 0. The maximum absolute atomic E-state index is 12.9. The molecule has 3 N–H and O–H groups in total. The fourth-order valence-electron chi connectivity index (χ4n) is 1.57. The average Bonchev–Trinajstić information content (AvgIpc) is 2.41. The molecule has 7 heteroatoms. The minimum Gasteiger partial charge on any atom is -0.482 e. The molecule has 2 aromatic rings. The molecule has 0 spiro atoms. The van der Waals surface area contributed by atoms with E-state index in [1.54, 1.807) is 12.1 Å². The van der Waals surface area contributed by atoms with E-state index in [4.69, 9.17) is 33.7 Å².